The average Bonchev–Trinajstić information content (AvgIpc) is 2.69. The summed E-state index contributed by atoms with van der Waals surface area (Å²) >= 11 is 0. The van der Waals surface area contributed by atoms with Crippen molar-refractivity contribution in [3.05, 3.63) is 29.8 Å². The van der Waals surface area contributed by atoms with E-state index in [4.69, 9.17) is 0 Å². The van der Waals surface area contributed by atoms with Gasteiger partial charge in [0.05, 0.1) is 5.56 Å². The molecule has 0 aliphatic carbocycles. The van der Waals surface area contributed by atoms with Gasteiger partial charge >= 0.3 is 6.18 Å². The number of nitrogens with zero attached hydrogens (tertiary/aromatic N) is 3. The van der Waals surface area contributed by atoms with Crippen molar-refractivity contribution in [1.29, 1.82) is 0 Å². The molecule has 0 fully saturated rings. The Labute approximate surface area is 101 Å². The van der Waals surface area contributed by atoms with Crippen molar-refractivity contribution >= 4 is 5.95 Å². The van der Waals surface area contributed by atoms with Gasteiger partial charge in [-0.3, -0.25) is 4.57 Å². The van der Waals surface area contributed by atoms with Crippen LogP contribution in [0.4, 0.5) is 19.1 Å². The van der Waals surface area contributed by atoms with E-state index >= 15 is 0 Å². The second-order valence-corrected chi connectivity index (χ2v) is 3.73. The molecule has 0 amide bonds. The third-order valence-corrected chi connectivity index (χ3v) is 2.55. The maximum Gasteiger partial charge on any atom is 0.416 e. The lowest BCUT2D eigenvalue weighted by Gasteiger charge is -2.08. The van der Waals surface area contributed by atoms with Crippen molar-refractivity contribution in [3.8, 4) is 11.4 Å². The molecule has 1 heterocycles. The quantitative estimate of drug-likeness (QED) is 0.897. The Morgan fingerprint density at radius 3 is 2.50 bits per heavy atom. The highest BCUT2D eigenvalue weighted by molar-refractivity contribution is 5.58. The van der Waals surface area contributed by atoms with Crippen LogP contribution >= 0.6 is 0 Å². The average molecular weight is 256 g/mol. The first-order valence-electron chi connectivity index (χ1n) is 5.18. The van der Waals surface area contributed by atoms with Gasteiger partial charge in [0.25, 0.3) is 0 Å². The molecular formula is C11H11F3N4. The first kappa shape index (κ1) is 12.4. The zero-order valence-electron chi connectivity index (χ0n) is 9.78. The molecule has 0 atom stereocenters. The second-order valence-electron chi connectivity index (χ2n) is 3.73. The van der Waals surface area contributed by atoms with Gasteiger partial charge in [-0.15, -0.1) is 10.2 Å². The molecule has 0 spiro atoms. The Hall–Kier alpha value is -2.05. The van der Waals surface area contributed by atoms with Crippen LogP contribution < -0.4 is 5.32 Å². The van der Waals surface area contributed by atoms with Crippen molar-refractivity contribution in [1.82, 2.24) is 14.8 Å². The summed E-state index contributed by atoms with van der Waals surface area (Å²) in [5, 5.41) is 10.5. The van der Waals surface area contributed by atoms with E-state index in [0.717, 1.165) is 12.1 Å². The van der Waals surface area contributed by atoms with Crippen LogP contribution in [0.2, 0.25) is 0 Å². The van der Waals surface area contributed by atoms with Crippen LogP contribution in [-0.4, -0.2) is 21.8 Å². The predicted octanol–water partition coefficient (Wildman–Crippen LogP) is 2.54. The first-order valence-corrected chi connectivity index (χ1v) is 5.18. The molecule has 7 heteroatoms. The molecule has 0 aliphatic rings. The molecule has 1 N–H and O–H groups in total. The van der Waals surface area contributed by atoms with Gasteiger partial charge in [0.1, 0.15) is 0 Å². The van der Waals surface area contributed by atoms with Crippen LogP contribution in [0, 0.1) is 0 Å². The van der Waals surface area contributed by atoms with E-state index in [-0.39, 0.29) is 0 Å². The van der Waals surface area contributed by atoms with E-state index in [1.807, 2.05) is 0 Å². The van der Waals surface area contributed by atoms with E-state index in [2.05, 4.69) is 15.5 Å². The van der Waals surface area contributed by atoms with Crippen molar-refractivity contribution in [2.45, 2.75) is 6.18 Å². The Balaban J connectivity index is 2.48. The van der Waals surface area contributed by atoms with Gasteiger partial charge in [-0.05, 0) is 12.1 Å². The molecule has 0 saturated carbocycles. The van der Waals surface area contributed by atoms with Crippen LogP contribution in [0.3, 0.4) is 0 Å². The molecule has 0 aliphatic heterocycles. The SMILES string of the molecule is CNc1nnc(-c2cccc(C(F)(F)F)c2)n1C. The minimum absolute atomic E-state index is 0.376. The molecule has 0 saturated heterocycles. The largest absolute Gasteiger partial charge is 0.416 e. The summed E-state index contributed by atoms with van der Waals surface area (Å²) in [6, 6.07) is 5.01. The smallest absolute Gasteiger partial charge is 0.357 e. The molecule has 18 heavy (non-hydrogen) atoms. The minimum atomic E-state index is -4.36. The maximum atomic E-state index is 12.6. The normalized spacial score (nSPS) is 11.6. The molecule has 0 unspecified atom stereocenters. The van der Waals surface area contributed by atoms with Crippen molar-refractivity contribution in [3.63, 3.8) is 0 Å². The third-order valence-electron chi connectivity index (χ3n) is 2.55. The Morgan fingerprint density at radius 2 is 1.94 bits per heavy atom. The summed E-state index contributed by atoms with van der Waals surface area (Å²) in [5.74, 6) is 0.868. The fourth-order valence-electron chi connectivity index (χ4n) is 1.63. The Morgan fingerprint density at radius 1 is 1.22 bits per heavy atom. The van der Waals surface area contributed by atoms with Gasteiger partial charge in [0.2, 0.25) is 5.95 Å². The molecular weight excluding hydrogens is 245 g/mol. The third kappa shape index (κ3) is 2.15. The molecule has 1 aromatic heterocycles. The lowest BCUT2D eigenvalue weighted by atomic mass is 10.1. The summed E-state index contributed by atoms with van der Waals surface area (Å²) in [4.78, 5) is 0. The molecule has 2 rings (SSSR count). The fourth-order valence-corrected chi connectivity index (χ4v) is 1.63. The highest BCUT2D eigenvalue weighted by atomic mass is 19.4. The molecule has 0 radical (unpaired) electrons. The van der Waals surface area contributed by atoms with Crippen LogP contribution in [0.25, 0.3) is 11.4 Å². The van der Waals surface area contributed by atoms with Crippen molar-refractivity contribution in [2.24, 2.45) is 7.05 Å². The predicted molar refractivity (Wildman–Crippen MR) is 61.0 cm³/mol. The summed E-state index contributed by atoms with van der Waals surface area (Å²) in [6.07, 6.45) is -4.36. The number of aromatic nitrogens is 3. The Bertz CT molecular complexity index is 560. The van der Waals surface area contributed by atoms with Gasteiger partial charge in [0.15, 0.2) is 5.82 Å². The van der Waals surface area contributed by atoms with Gasteiger partial charge in [-0.2, -0.15) is 13.2 Å². The lowest BCUT2D eigenvalue weighted by Crippen LogP contribution is -2.05. The maximum absolute atomic E-state index is 12.6. The minimum Gasteiger partial charge on any atom is -0.357 e. The number of alkyl halides is 3. The summed E-state index contributed by atoms with van der Waals surface area (Å²) in [5.41, 5.74) is -0.324. The van der Waals surface area contributed by atoms with E-state index in [1.54, 1.807) is 24.7 Å². The number of benzene rings is 1. The van der Waals surface area contributed by atoms with Crippen LogP contribution in [-0.2, 0) is 13.2 Å². The van der Waals surface area contributed by atoms with Crippen LogP contribution in [0.1, 0.15) is 5.56 Å². The Kier molecular flexibility index (Phi) is 2.98. The van der Waals surface area contributed by atoms with E-state index in [0.29, 0.717) is 17.3 Å². The van der Waals surface area contributed by atoms with Gasteiger partial charge < -0.3 is 5.32 Å². The summed E-state index contributed by atoms with van der Waals surface area (Å²) < 4.78 is 39.4. The second kappa shape index (κ2) is 4.32. The van der Waals surface area contributed by atoms with Gasteiger partial charge in [-0.25, -0.2) is 0 Å². The fraction of sp³-hybridized carbons (Fsp3) is 0.273. The standard InChI is InChI=1S/C11H11F3N4/c1-15-10-17-16-9(18(10)2)7-4-3-5-8(6-7)11(12,13)14/h3-6H,1-2H3,(H,15,17). The number of nitrogens with one attached hydrogen (secondary N) is 1. The molecule has 1 aromatic carbocycles. The van der Waals surface area contributed by atoms with Crippen LogP contribution in [0.15, 0.2) is 24.3 Å². The van der Waals surface area contributed by atoms with E-state index in [9.17, 15) is 13.2 Å². The van der Waals surface area contributed by atoms with Crippen molar-refractivity contribution < 1.29 is 13.2 Å². The zero-order chi connectivity index (χ0) is 13.3. The number of halogens is 3. The summed E-state index contributed by atoms with van der Waals surface area (Å²) in [6.45, 7) is 0. The highest BCUT2D eigenvalue weighted by Crippen LogP contribution is 2.31. The number of anilines is 1. The molecule has 2 aromatic rings. The van der Waals surface area contributed by atoms with Gasteiger partial charge in [0, 0.05) is 19.7 Å². The van der Waals surface area contributed by atoms with E-state index < -0.39 is 11.7 Å². The first-order chi connectivity index (χ1) is 8.43. The number of rotatable bonds is 2. The van der Waals surface area contributed by atoms with Crippen molar-refractivity contribution in [2.75, 3.05) is 12.4 Å². The monoisotopic (exact) mass is 256 g/mol. The number of hydrogen-bond acceptors (Lipinski definition) is 3. The van der Waals surface area contributed by atoms with Crippen LogP contribution in [0.5, 0.6) is 0 Å². The van der Waals surface area contributed by atoms with E-state index in [1.165, 1.54) is 6.07 Å². The van der Waals surface area contributed by atoms with Gasteiger partial charge in [-0.1, -0.05) is 12.1 Å². The highest BCUT2D eigenvalue weighted by Gasteiger charge is 2.30. The zero-order valence-corrected chi connectivity index (χ0v) is 9.78. The topological polar surface area (TPSA) is 42.7 Å². The lowest BCUT2D eigenvalue weighted by molar-refractivity contribution is -0.137. The molecule has 96 valence electrons. The molecule has 4 nitrogen and oxygen atoms in total. The number of hydrogen-bond donors (Lipinski definition) is 1. The molecule has 0 bridgehead atoms. The summed E-state index contributed by atoms with van der Waals surface area (Å²) in [7, 11) is 3.35.